The number of halogens is 3. The predicted molar refractivity (Wildman–Crippen MR) is 108 cm³/mol. The van der Waals surface area contributed by atoms with Gasteiger partial charge >= 0.3 is 6.18 Å². The number of anilines is 1. The number of aromatic nitrogens is 3. The van der Waals surface area contributed by atoms with Crippen LogP contribution in [0.1, 0.15) is 37.5 Å². The molecular formula is C20H27F3N6O3. The van der Waals surface area contributed by atoms with Gasteiger partial charge < -0.3 is 26.0 Å². The second kappa shape index (κ2) is 7.80. The lowest BCUT2D eigenvalue weighted by molar-refractivity contribution is -0.192. The van der Waals surface area contributed by atoms with E-state index in [2.05, 4.69) is 15.4 Å². The van der Waals surface area contributed by atoms with Crippen molar-refractivity contribution in [2.24, 2.45) is 0 Å². The van der Waals surface area contributed by atoms with Crippen LogP contribution in [0.5, 0.6) is 0 Å². The second-order valence-corrected chi connectivity index (χ2v) is 9.00. The van der Waals surface area contributed by atoms with Crippen molar-refractivity contribution in [1.29, 1.82) is 0 Å². The number of nitrogen functional groups attached to an aromatic ring is 1. The van der Waals surface area contributed by atoms with E-state index in [0.29, 0.717) is 43.6 Å². The molecule has 0 bridgehead atoms. The van der Waals surface area contributed by atoms with Gasteiger partial charge in [-0.2, -0.15) is 18.3 Å². The lowest BCUT2D eigenvalue weighted by Crippen LogP contribution is -2.58. The Morgan fingerprint density at radius 2 is 1.94 bits per heavy atom. The first-order valence-electron chi connectivity index (χ1n) is 10.9. The fourth-order valence-corrected chi connectivity index (χ4v) is 5.65. The number of fused-ring (bicyclic) bond motifs is 1. The number of piperidine rings is 1. The second-order valence-electron chi connectivity index (χ2n) is 9.00. The molecule has 5 N–H and O–H groups in total. The molecule has 3 aliphatic rings. The minimum Gasteiger partial charge on any atom is -0.388 e. The lowest BCUT2D eigenvalue weighted by Gasteiger charge is -2.45. The number of ether oxygens (including phenoxy) is 1. The molecule has 1 spiro atoms. The first-order chi connectivity index (χ1) is 15.2. The van der Waals surface area contributed by atoms with Crippen molar-refractivity contribution in [2.75, 3.05) is 25.4 Å². The van der Waals surface area contributed by atoms with Crippen molar-refractivity contribution < 1.29 is 28.1 Å². The van der Waals surface area contributed by atoms with E-state index in [-0.39, 0.29) is 18.8 Å². The van der Waals surface area contributed by atoms with Gasteiger partial charge in [0.1, 0.15) is 36.2 Å². The molecule has 176 valence electrons. The molecule has 5 heterocycles. The summed E-state index contributed by atoms with van der Waals surface area (Å²) < 4.78 is 49.1. The zero-order chi connectivity index (χ0) is 22.7. The van der Waals surface area contributed by atoms with Crippen molar-refractivity contribution in [3.63, 3.8) is 0 Å². The van der Waals surface area contributed by atoms with Crippen molar-refractivity contribution in [3.05, 3.63) is 24.2 Å². The van der Waals surface area contributed by atoms with Gasteiger partial charge in [-0.15, -0.1) is 0 Å². The molecule has 0 saturated carbocycles. The molecule has 12 heteroatoms. The van der Waals surface area contributed by atoms with E-state index in [1.54, 1.807) is 12.1 Å². The molecule has 9 nitrogen and oxygen atoms in total. The number of nitrogens with one attached hydrogen (secondary N) is 1. The van der Waals surface area contributed by atoms with Gasteiger partial charge in [-0.05, 0) is 50.9 Å². The average molecular weight is 456 g/mol. The SMILES string of the molecule is Nc1ncnn2c([C@@H]3O[C@H](CN4C(C(F)(F)F)CCC45CCNCC5)[C@@H](O)[C@H]3O)ccc12. The van der Waals surface area contributed by atoms with Crippen LogP contribution in [0.2, 0.25) is 0 Å². The standard InChI is InChI=1S/C20H27F3N6O3/c21-20(22,23)14-3-4-19(5-7-25-8-6-19)28(14)9-13-15(30)16(31)17(32-13)11-1-2-12-18(24)26-10-27-29(11)12/h1-2,10,13-17,25,30-31H,3-9H2,(H2,24,26,27)/t13-,14?,15-,16-,17+/m1/s1. The van der Waals surface area contributed by atoms with E-state index in [4.69, 9.17) is 10.5 Å². The highest BCUT2D eigenvalue weighted by atomic mass is 19.4. The van der Waals surface area contributed by atoms with Gasteiger partial charge in [0.15, 0.2) is 5.82 Å². The molecule has 32 heavy (non-hydrogen) atoms. The van der Waals surface area contributed by atoms with Crippen LogP contribution in [0.25, 0.3) is 5.52 Å². The third kappa shape index (κ3) is 3.45. The fourth-order valence-electron chi connectivity index (χ4n) is 5.65. The molecule has 2 aromatic heterocycles. The Morgan fingerprint density at radius 3 is 2.66 bits per heavy atom. The molecular weight excluding hydrogens is 429 g/mol. The van der Waals surface area contributed by atoms with Crippen LogP contribution >= 0.6 is 0 Å². The maximum atomic E-state index is 13.9. The number of likely N-dealkylation sites (tertiary alicyclic amines) is 1. The Morgan fingerprint density at radius 1 is 1.19 bits per heavy atom. The minimum absolute atomic E-state index is 0.0256. The van der Waals surface area contributed by atoms with E-state index in [9.17, 15) is 23.4 Å². The van der Waals surface area contributed by atoms with Gasteiger partial charge in [0.25, 0.3) is 0 Å². The van der Waals surface area contributed by atoms with Gasteiger partial charge in [-0.1, -0.05) is 0 Å². The van der Waals surface area contributed by atoms with Crippen LogP contribution in [-0.2, 0) is 4.74 Å². The van der Waals surface area contributed by atoms with Crippen LogP contribution in [-0.4, -0.2) is 85.4 Å². The van der Waals surface area contributed by atoms with Crippen LogP contribution in [0.15, 0.2) is 18.5 Å². The Balaban J connectivity index is 1.42. The van der Waals surface area contributed by atoms with Crippen LogP contribution < -0.4 is 11.1 Å². The molecule has 3 fully saturated rings. The summed E-state index contributed by atoms with van der Waals surface area (Å²) in [7, 11) is 0. The first-order valence-corrected chi connectivity index (χ1v) is 10.9. The molecule has 3 aliphatic heterocycles. The number of aliphatic hydroxyl groups excluding tert-OH is 2. The largest absolute Gasteiger partial charge is 0.404 e. The molecule has 2 aromatic rings. The Kier molecular flexibility index (Phi) is 5.32. The summed E-state index contributed by atoms with van der Waals surface area (Å²) in [6.07, 6.45) is -6.00. The van der Waals surface area contributed by atoms with Gasteiger partial charge in [0, 0.05) is 12.1 Å². The molecule has 0 aromatic carbocycles. The molecule has 0 radical (unpaired) electrons. The monoisotopic (exact) mass is 456 g/mol. The quantitative estimate of drug-likeness (QED) is 0.531. The lowest BCUT2D eigenvalue weighted by atomic mass is 9.85. The van der Waals surface area contributed by atoms with E-state index in [1.165, 1.54) is 15.7 Å². The number of hydrogen-bond donors (Lipinski definition) is 4. The zero-order valence-corrected chi connectivity index (χ0v) is 17.4. The van der Waals surface area contributed by atoms with E-state index in [1.807, 2.05) is 0 Å². The summed E-state index contributed by atoms with van der Waals surface area (Å²) in [4.78, 5) is 5.40. The number of nitrogens with zero attached hydrogens (tertiary/aromatic N) is 4. The smallest absolute Gasteiger partial charge is 0.388 e. The van der Waals surface area contributed by atoms with E-state index < -0.39 is 42.2 Å². The summed E-state index contributed by atoms with van der Waals surface area (Å²) in [6.45, 7) is 1.19. The summed E-state index contributed by atoms with van der Waals surface area (Å²) in [5.41, 5.74) is 6.24. The van der Waals surface area contributed by atoms with Crippen LogP contribution in [0.4, 0.5) is 19.0 Å². The average Bonchev–Trinajstić information content (AvgIpc) is 3.40. The molecule has 0 amide bonds. The topological polar surface area (TPSA) is 121 Å². The summed E-state index contributed by atoms with van der Waals surface area (Å²) in [5.74, 6) is 0.244. The predicted octanol–water partition coefficient (Wildman–Crippen LogP) is 0.622. The maximum absolute atomic E-state index is 13.9. The highest BCUT2D eigenvalue weighted by Gasteiger charge is 2.57. The van der Waals surface area contributed by atoms with E-state index in [0.717, 1.165) is 0 Å². The minimum atomic E-state index is -4.37. The third-order valence-corrected chi connectivity index (χ3v) is 7.32. The van der Waals surface area contributed by atoms with Gasteiger partial charge in [0.2, 0.25) is 0 Å². The number of rotatable bonds is 3. The van der Waals surface area contributed by atoms with E-state index >= 15 is 0 Å². The summed E-state index contributed by atoms with van der Waals surface area (Å²) >= 11 is 0. The number of aliphatic hydroxyl groups is 2. The van der Waals surface area contributed by atoms with Crippen LogP contribution in [0.3, 0.4) is 0 Å². The third-order valence-electron chi connectivity index (χ3n) is 7.32. The van der Waals surface area contributed by atoms with Crippen molar-refractivity contribution >= 4 is 11.3 Å². The maximum Gasteiger partial charge on any atom is 0.404 e. The van der Waals surface area contributed by atoms with Crippen molar-refractivity contribution in [2.45, 2.75) is 67.9 Å². The molecule has 0 aliphatic carbocycles. The van der Waals surface area contributed by atoms with Crippen LogP contribution in [0, 0.1) is 0 Å². The summed E-state index contributed by atoms with van der Waals surface area (Å²) in [5, 5.41) is 28.8. The highest BCUT2D eigenvalue weighted by molar-refractivity contribution is 5.65. The molecule has 3 saturated heterocycles. The van der Waals surface area contributed by atoms with Crippen molar-refractivity contribution in [1.82, 2.24) is 24.8 Å². The Bertz CT molecular complexity index is 979. The molecule has 5 atom stereocenters. The highest BCUT2D eigenvalue weighted by Crippen LogP contribution is 2.47. The zero-order valence-electron chi connectivity index (χ0n) is 17.4. The Hall–Kier alpha value is -1.99. The van der Waals surface area contributed by atoms with Gasteiger partial charge in [0.05, 0.1) is 11.8 Å². The van der Waals surface area contributed by atoms with Gasteiger partial charge in [-0.25, -0.2) is 9.50 Å². The number of nitrogens with two attached hydrogens (primary N) is 1. The Labute approximate surface area is 182 Å². The normalized spacial score (nSPS) is 33.5. The number of alkyl halides is 3. The number of hydrogen-bond acceptors (Lipinski definition) is 8. The molecule has 5 rings (SSSR count). The first kappa shape index (κ1) is 21.8. The fraction of sp³-hybridized carbons (Fsp3) is 0.700. The van der Waals surface area contributed by atoms with Gasteiger partial charge in [-0.3, -0.25) is 4.90 Å². The van der Waals surface area contributed by atoms with Crippen molar-refractivity contribution in [3.8, 4) is 0 Å². The molecule has 1 unspecified atom stereocenters. The summed E-state index contributed by atoms with van der Waals surface area (Å²) in [6, 6.07) is 1.74.